The van der Waals surface area contributed by atoms with Gasteiger partial charge in [0.1, 0.15) is 24.1 Å². The van der Waals surface area contributed by atoms with Crippen LogP contribution in [0.5, 0.6) is 5.75 Å². The minimum atomic E-state index is -0.730. The van der Waals surface area contributed by atoms with Gasteiger partial charge in [-0.15, -0.1) is 0 Å². The Morgan fingerprint density at radius 1 is 1.09 bits per heavy atom. The summed E-state index contributed by atoms with van der Waals surface area (Å²) in [7, 11) is 1.59. The summed E-state index contributed by atoms with van der Waals surface area (Å²) in [6.07, 6.45) is 1.96. The van der Waals surface area contributed by atoms with E-state index in [0.717, 1.165) is 11.1 Å². The highest BCUT2D eigenvalue weighted by Gasteiger charge is 2.35. The van der Waals surface area contributed by atoms with Gasteiger partial charge >= 0.3 is 5.97 Å². The van der Waals surface area contributed by atoms with Crippen molar-refractivity contribution in [2.24, 2.45) is 5.10 Å². The molecule has 3 aromatic rings. The SMILES string of the molecule is COc1ccc(C2=NN(C(=O)COC(=O)CNC(=O)c3ccc(C)cc3)[C@@H](c3ccco3)C2)cc1. The summed E-state index contributed by atoms with van der Waals surface area (Å²) >= 11 is 0. The fourth-order valence-corrected chi connectivity index (χ4v) is 3.62. The molecule has 2 aromatic carbocycles. The molecule has 1 atom stereocenters. The molecule has 2 amide bonds. The fourth-order valence-electron chi connectivity index (χ4n) is 3.62. The Morgan fingerprint density at radius 3 is 2.49 bits per heavy atom. The standard InChI is InChI=1S/C26H25N3O6/c1-17-5-7-19(8-6-17)26(32)27-15-25(31)35-16-24(30)29-22(23-4-3-13-34-23)14-21(28-29)18-9-11-20(33-2)12-10-18/h3-13,22H,14-16H2,1-2H3,(H,27,32)/t22-/m1/s1. The van der Waals surface area contributed by atoms with Gasteiger partial charge in [0.15, 0.2) is 6.61 Å². The molecule has 2 heterocycles. The van der Waals surface area contributed by atoms with Gasteiger partial charge in [0.05, 0.1) is 19.1 Å². The molecule has 0 radical (unpaired) electrons. The van der Waals surface area contributed by atoms with Crippen molar-refractivity contribution in [1.82, 2.24) is 10.3 Å². The van der Waals surface area contributed by atoms with Crippen LogP contribution in [-0.2, 0) is 14.3 Å². The summed E-state index contributed by atoms with van der Waals surface area (Å²) in [5.41, 5.74) is 2.98. The molecule has 0 saturated carbocycles. The fraction of sp³-hybridized carbons (Fsp3) is 0.231. The zero-order valence-corrected chi connectivity index (χ0v) is 19.4. The van der Waals surface area contributed by atoms with Crippen molar-refractivity contribution in [1.29, 1.82) is 0 Å². The number of hydrogen-bond acceptors (Lipinski definition) is 7. The monoisotopic (exact) mass is 475 g/mol. The second kappa shape index (κ2) is 10.7. The number of amides is 2. The molecule has 0 fully saturated rings. The zero-order chi connectivity index (χ0) is 24.8. The maximum absolute atomic E-state index is 12.9. The third-order valence-electron chi connectivity index (χ3n) is 5.52. The molecule has 0 spiro atoms. The van der Waals surface area contributed by atoms with Gasteiger partial charge in [-0.2, -0.15) is 5.10 Å². The van der Waals surface area contributed by atoms with Crippen molar-refractivity contribution in [3.63, 3.8) is 0 Å². The summed E-state index contributed by atoms with van der Waals surface area (Å²) < 4.78 is 15.8. The van der Waals surface area contributed by atoms with Crippen LogP contribution < -0.4 is 10.1 Å². The molecule has 1 aromatic heterocycles. The Kier molecular flexibility index (Phi) is 7.25. The van der Waals surface area contributed by atoms with Gasteiger partial charge in [0.25, 0.3) is 11.8 Å². The summed E-state index contributed by atoms with van der Waals surface area (Å²) in [4.78, 5) is 37.2. The number of hydrazone groups is 1. The van der Waals surface area contributed by atoms with Gasteiger partial charge in [0.2, 0.25) is 0 Å². The van der Waals surface area contributed by atoms with E-state index in [1.807, 2.05) is 31.2 Å². The topological polar surface area (TPSA) is 110 Å². The molecule has 180 valence electrons. The average Bonchev–Trinajstić information content (AvgIpc) is 3.56. The molecule has 0 bridgehead atoms. The number of methoxy groups -OCH3 is 1. The van der Waals surface area contributed by atoms with Crippen LogP contribution in [0.15, 0.2) is 76.4 Å². The summed E-state index contributed by atoms with van der Waals surface area (Å²) in [6, 6.07) is 17.3. The Labute approximate surface area is 202 Å². The van der Waals surface area contributed by atoms with Crippen LogP contribution in [0.4, 0.5) is 0 Å². The van der Waals surface area contributed by atoms with E-state index < -0.39 is 30.4 Å². The van der Waals surface area contributed by atoms with Crippen LogP contribution >= 0.6 is 0 Å². The Hall–Kier alpha value is -4.40. The number of furan rings is 1. The van der Waals surface area contributed by atoms with Gasteiger partial charge in [-0.3, -0.25) is 14.4 Å². The number of rotatable bonds is 8. The minimum absolute atomic E-state index is 0.359. The molecule has 9 nitrogen and oxygen atoms in total. The van der Waals surface area contributed by atoms with Gasteiger partial charge in [0, 0.05) is 12.0 Å². The molecule has 1 aliphatic rings. The van der Waals surface area contributed by atoms with E-state index in [4.69, 9.17) is 13.9 Å². The number of benzene rings is 2. The molecule has 1 N–H and O–H groups in total. The van der Waals surface area contributed by atoms with Crippen molar-refractivity contribution in [2.45, 2.75) is 19.4 Å². The first-order valence-corrected chi connectivity index (χ1v) is 11.0. The quantitative estimate of drug-likeness (QED) is 0.501. The largest absolute Gasteiger partial charge is 0.497 e. The van der Waals surface area contributed by atoms with E-state index in [9.17, 15) is 14.4 Å². The smallest absolute Gasteiger partial charge is 0.325 e. The number of carbonyl (C=O) groups excluding carboxylic acids is 3. The highest BCUT2D eigenvalue weighted by Crippen LogP contribution is 2.33. The highest BCUT2D eigenvalue weighted by atomic mass is 16.5. The van der Waals surface area contributed by atoms with Crippen LogP contribution in [0.2, 0.25) is 0 Å². The molecule has 9 heteroatoms. The molecule has 0 saturated heterocycles. The second-order valence-electron chi connectivity index (χ2n) is 7.96. The summed E-state index contributed by atoms with van der Waals surface area (Å²) in [5, 5.41) is 8.25. The molecule has 1 aliphatic heterocycles. The number of ether oxygens (including phenoxy) is 2. The van der Waals surface area contributed by atoms with Crippen LogP contribution in [0, 0.1) is 6.92 Å². The van der Waals surface area contributed by atoms with E-state index in [2.05, 4.69) is 10.4 Å². The van der Waals surface area contributed by atoms with Gasteiger partial charge in [-0.25, -0.2) is 5.01 Å². The maximum Gasteiger partial charge on any atom is 0.325 e. The van der Waals surface area contributed by atoms with Crippen molar-refractivity contribution in [2.75, 3.05) is 20.3 Å². The van der Waals surface area contributed by atoms with Crippen molar-refractivity contribution in [3.05, 3.63) is 89.4 Å². The number of nitrogens with zero attached hydrogens (tertiary/aromatic N) is 2. The van der Waals surface area contributed by atoms with Gasteiger partial charge in [-0.1, -0.05) is 17.7 Å². The molecule has 0 unspecified atom stereocenters. The number of hydrogen-bond donors (Lipinski definition) is 1. The predicted octanol–water partition coefficient (Wildman–Crippen LogP) is 3.25. The van der Waals surface area contributed by atoms with Crippen molar-refractivity contribution in [3.8, 4) is 5.75 Å². The lowest BCUT2D eigenvalue weighted by Gasteiger charge is -2.19. The first kappa shape index (κ1) is 23.7. The lowest BCUT2D eigenvalue weighted by Crippen LogP contribution is -2.34. The van der Waals surface area contributed by atoms with E-state index in [1.54, 1.807) is 43.5 Å². The Bertz CT molecular complexity index is 1220. The van der Waals surface area contributed by atoms with Crippen molar-refractivity contribution < 1.29 is 28.3 Å². The van der Waals surface area contributed by atoms with Crippen LogP contribution in [-0.4, -0.2) is 48.8 Å². The number of aryl methyl sites for hydroxylation is 1. The molecule has 0 aliphatic carbocycles. The molecule has 4 rings (SSSR count). The van der Waals surface area contributed by atoms with Crippen LogP contribution in [0.1, 0.15) is 39.7 Å². The Balaban J connectivity index is 1.37. The van der Waals surface area contributed by atoms with Gasteiger partial charge in [-0.05, 0) is 61.0 Å². The number of carbonyl (C=O) groups is 3. The predicted molar refractivity (Wildman–Crippen MR) is 127 cm³/mol. The van der Waals surface area contributed by atoms with Crippen molar-refractivity contribution >= 4 is 23.5 Å². The molecule has 35 heavy (non-hydrogen) atoms. The lowest BCUT2D eigenvalue weighted by molar-refractivity contribution is -0.152. The van der Waals surface area contributed by atoms with E-state index >= 15 is 0 Å². The second-order valence-corrected chi connectivity index (χ2v) is 7.96. The molecular formula is C26H25N3O6. The Morgan fingerprint density at radius 2 is 1.83 bits per heavy atom. The number of esters is 1. The molecular weight excluding hydrogens is 450 g/mol. The van der Waals surface area contributed by atoms with E-state index in [1.165, 1.54) is 11.3 Å². The first-order valence-electron chi connectivity index (χ1n) is 11.0. The minimum Gasteiger partial charge on any atom is -0.497 e. The summed E-state index contributed by atoms with van der Waals surface area (Å²) in [5.74, 6) is -0.356. The maximum atomic E-state index is 12.9. The normalized spacial score (nSPS) is 14.9. The van der Waals surface area contributed by atoms with E-state index in [-0.39, 0.29) is 6.54 Å². The first-order chi connectivity index (χ1) is 16.9. The van der Waals surface area contributed by atoms with E-state index in [0.29, 0.717) is 29.2 Å². The number of nitrogens with one attached hydrogen (secondary N) is 1. The zero-order valence-electron chi connectivity index (χ0n) is 19.4. The van der Waals surface area contributed by atoms with Crippen LogP contribution in [0.25, 0.3) is 0 Å². The van der Waals surface area contributed by atoms with Crippen LogP contribution in [0.3, 0.4) is 0 Å². The summed E-state index contributed by atoms with van der Waals surface area (Å²) in [6.45, 7) is 1.04. The lowest BCUT2D eigenvalue weighted by atomic mass is 10.0. The highest BCUT2D eigenvalue weighted by molar-refractivity contribution is 6.03. The van der Waals surface area contributed by atoms with Gasteiger partial charge < -0.3 is 19.2 Å². The third-order valence-corrected chi connectivity index (χ3v) is 5.52. The third kappa shape index (κ3) is 5.75. The average molecular weight is 476 g/mol.